The van der Waals surface area contributed by atoms with Crippen LogP contribution >= 0.6 is 0 Å². The first-order chi connectivity index (χ1) is 35.5. The molecule has 4 unspecified atom stereocenters. The molecule has 0 saturated carbocycles. The summed E-state index contributed by atoms with van der Waals surface area (Å²) in [6.45, 7) is 2.52. The van der Waals surface area contributed by atoms with Gasteiger partial charge in [-0.15, -0.1) is 0 Å². The van der Waals surface area contributed by atoms with E-state index in [1.807, 2.05) is 0 Å². The highest BCUT2D eigenvalue weighted by Gasteiger charge is 2.47. The van der Waals surface area contributed by atoms with Crippen LogP contribution in [0.2, 0.25) is 0 Å². The first kappa shape index (κ1) is 66.6. The lowest BCUT2D eigenvalue weighted by Gasteiger charge is -2.42. The van der Waals surface area contributed by atoms with Crippen molar-refractivity contribution in [3.63, 3.8) is 0 Å². The number of aliphatic hydroxyl groups excluding tert-OH is 7. The van der Waals surface area contributed by atoms with Gasteiger partial charge in [0.25, 0.3) is 0 Å². The molecule has 2 aliphatic rings. The number of rotatable bonds is 45. The lowest BCUT2D eigenvalue weighted by molar-refractivity contribution is -0.332. The van der Waals surface area contributed by atoms with Crippen molar-refractivity contribution < 1.29 is 73.8 Å². The van der Waals surface area contributed by atoms with E-state index in [-0.39, 0.29) is 19.4 Å². The Balaban J connectivity index is 1.77. The molecule has 0 amide bonds. The fourth-order valence-electron chi connectivity index (χ4n) is 8.78. The van der Waals surface area contributed by atoms with E-state index in [0.29, 0.717) is 19.3 Å². The number of unbranched alkanes of at least 4 members (excludes halogenated alkanes) is 23. The highest BCUT2D eigenvalue weighted by molar-refractivity contribution is 5.70. The highest BCUT2D eigenvalue weighted by atomic mass is 16.7. The maximum Gasteiger partial charge on any atom is 0.306 e. The van der Waals surface area contributed by atoms with Gasteiger partial charge in [0.1, 0.15) is 55.4 Å². The van der Waals surface area contributed by atoms with Gasteiger partial charge in [0.05, 0.1) is 19.8 Å². The number of hydrogen-bond acceptors (Lipinski definition) is 15. The molecule has 2 heterocycles. The monoisotopic (exact) mass is 1040 g/mol. The second-order valence-corrected chi connectivity index (χ2v) is 20.1. The number of ether oxygens (including phenoxy) is 6. The van der Waals surface area contributed by atoms with Gasteiger partial charge in [-0.3, -0.25) is 9.59 Å². The number of aliphatic hydroxyl groups is 7. The summed E-state index contributed by atoms with van der Waals surface area (Å²) in [5.74, 6) is -0.988. The minimum Gasteiger partial charge on any atom is -0.462 e. The van der Waals surface area contributed by atoms with Gasteiger partial charge in [-0.25, -0.2) is 0 Å². The van der Waals surface area contributed by atoms with Crippen LogP contribution in [-0.2, 0) is 38.0 Å². The summed E-state index contributed by atoms with van der Waals surface area (Å²) in [7, 11) is 0. The minimum absolute atomic E-state index is 0.102. The van der Waals surface area contributed by atoms with E-state index >= 15 is 0 Å². The van der Waals surface area contributed by atoms with Gasteiger partial charge in [0, 0.05) is 12.8 Å². The van der Waals surface area contributed by atoms with Crippen molar-refractivity contribution in [1.82, 2.24) is 0 Å². The Hall–Kier alpha value is -2.54. The van der Waals surface area contributed by atoms with Crippen LogP contribution in [0.1, 0.15) is 213 Å². The van der Waals surface area contributed by atoms with Crippen LogP contribution in [0.15, 0.2) is 48.6 Å². The standard InChI is InChI=1S/C58H102O15/c1-3-5-7-9-11-13-15-17-19-20-21-22-23-24-25-26-27-29-31-33-35-37-39-41-50(61)71-46(43-68-49(60)40-38-36-34-32-30-28-18-16-14-12-10-8-6-4-2)44-69-57-56(67)54(65)52(63)48(73-57)45-70-58-55(66)53(64)51(62)47(42-59)72-58/h10,12,16,18,26-27,33,35,46-48,51-59,62-67H,3-9,11,13-15,17,19-25,28-32,34,36-45H2,1-2H3/b12-10+,18-16+,27-26+,35-33+/t46-,47+,48+,51-,52-,53?,54?,55?,56?,57+,58+/m1/s1. The van der Waals surface area contributed by atoms with E-state index in [1.54, 1.807) is 0 Å². The van der Waals surface area contributed by atoms with Crippen LogP contribution in [0.5, 0.6) is 0 Å². The molecule has 0 spiro atoms. The molecule has 15 heteroatoms. The molecule has 11 atom stereocenters. The Kier molecular flexibility index (Phi) is 40.6. The third-order valence-corrected chi connectivity index (χ3v) is 13.5. The van der Waals surface area contributed by atoms with Crippen molar-refractivity contribution in [2.45, 2.75) is 280 Å². The molecule has 2 aliphatic heterocycles. The Labute approximate surface area is 439 Å². The van der Waals surface area contributed by atoms with Crippen LogP contribution in [0, 0.1) is 0 Å². The molecule has 424 valence electrons. The zero-order chi connectivity index (χ0) is 53.2. The molecule has 73 heavy (non-hydrogen) atoms. The first-order valence-corrected chi connectivity index (χ1v) is 28.7. The third kappa shape index (κ3) is 32.0. The zero-order valence-electron chi connectivity index (χ0n) is 45.1. The van der Waals surface area contributed by atoms with Crippen LogP contribution in [-0.4, -0.2) is 142 Å². The Morgan fingerprint density at radius 1 is 0.438 bits per heavy atom. The quantitative estimate of drug-likeness (QED) is 0.0171. The summed E-state index contributed by atoms with van der Waals surface area (Å²) < 4.78 is 33.6. The number of allylic oxidation sites excluding steroid dienone is 8. The lowest BCUT2D eigenvalue weighted by atomic mass is 9.98. The summed E-state index contributed by atoms with van der Waals surface area (Å²) in [6, 6.07) is 0. The zero-order valence-corrected chi connectivity index (χ0v) is 45.1. The van der Waals surface area contributed by atoms with Gasteiger partial charge in [0.2, 0.25) is 0 Å². The predicted molar refractivity (Wildman–Crippen MR) is 284 cm³/mol. The molecule has 0 radical (unpaired) electrons. The molecule has 2 fully saturated rings. The smallest absolute Gasteiger partial charge is 0.306 e. The van der Waals surface area contributed by atoms with E-state index in [0.717, 1.165) is 64.2 Å². The van der Waals surface area contributed by atoms with E-state index in [1.165, 1.54) is 103 Å². The molecule has 0 aliphatic carbocycles. The van der Waals surface area contributed by atoms with Crippen molar-refractivity contribution in [1.29, 1.82) is 0 Å². The van der Waals surface area contributed by atoms with Crippen LogP contribution in [0.3, 0.4) is 0 Å². The predicted octanol–water partition coefficient (Wildman–Crippen LogP) is 9.44. The molecule has 7 N–H and O–H groups in total. The molecule has 0 bridgehead atoms. The lowest BCUT2D eigenvalue weighted by Crippen LogP contribution is -2.61. The summed E-state index contributed by atoms with van der Waals surface area (Å²) in [4.78, 5) is 25.8. The van der Waals surface area contributed by atoms with Gasteiger partial charge >= 0.3 is 11.9 Å². The Bertz CT molecular complexity index is 1450. The fourth-order valence-corrected chi connectivity index (χ4v) is 8.78. The number of hydrogen-bond donors (Lipinski definition) is 7. The van der Waals surface area contributed by atoms with Gasteiger partial charge in [-0.1, -0.05) is 178 Å². The van der Waals surface area contributed by atoms with Crippen molar-refractivity contribution in [3.05, 3.63) is 48.6 Å². The van der Waals surface area contributed by atoms with E-state index in [4.69, 9.17) is 28.4 Å². The average Bonchev–Trinajstić information content (AvgIpc) is 3.38. The molecule has 0 aromatic rings. The summed E-state index contributed by atoms with van der Waals surface area (Å²) in [5.41, 5.74) is 0. The second-order valence-electron chi connectivity index (χ2n) is 20.1. The molecular weight excluding hydrogens is 937 g/mol. The second kappa shape index (κ2) is 44.6. The van der Waals surface area contributed by atoms with Crippen molar-refractivity contribution in [2.24, 2.45) is 0 Å². The van der Waals surface area contributed by atoms with E-state index in [2.05, 4.69) is 62.5 Å². The molecular formula is C58H102O15. The topological polar surface area (TPSA) is 231 Å². The highest BCUT2D eigenvalue weighted by Crippen LogP contribution is 2.27. The van der Waals surface area contributed by atoms with Crippen LogP contribution < -0.4 is 0 Å². The van der Waals surface area contributed by atoms with Gasteiger partial charge in [0.15, 0.2) is 18.7 Å². The molecule has 0 aromatic heterocycles. The minimum atomic E-state index is -1.78. The SMILES string of the molecule is CCCC/C=C/C/C=C/CCCCCCCC(=O)OC[C@H](CO[C@H]1O[C@@H](CO[C@H]2O[C@@H](CO)[C@@H](O)C(O)C2O)[C@@H](O)C(O)C1O)OC(=O)CCC/C=C/CC/C=C/CCCCCCCCCCCCCCCC. The van der Waals surface area contributed by atoms with Gasteiger partial charge < -0.3 is 64.2 Å². The van der Waals surface area contributed by atoms with E-state index in [9.17, 15) is 45.3 Å². The van der Waals surface area contributed by atoms with Crippen LogP contribution in [0.25, 0.3) is 0 Å². The molecule has 15 nitrogen and oxygen atoms in total. The van der Waals surface area contributed by atoms with Crippen molar-refractivity contribution in [2.75, 3.05) is 26.4 Å². The normalized spacial score (nSPS) is 25.2. The van der Waals surface area contributed by atoms with Gasteiger partial charge in [-0.2, -0.15) is 0 Å². The maximum absolute atomic E-state index is 13.0. The van der Waals surface area contributed by atoms with E-state index < -0.39 is 99.3 Å². The molecule has 0 aromatic carbocycles. The largest absolute Gasteiger partial charge is 0.462 e. The summed E-state index contributed by atoms with van der Waals surface area (Å²) >= 11 is 0. The number of esters is 2. The van der Waals surface area contributed by atoms with Crippen LogP contribution in [0.4, 0.5) is 0 Å². The van der Waals surface area contributed by atoms with Gasteiger partial charge in [-0.05, 0) is 70.6 Å². The Morgan fingerprint density at radius 2 is 0.863 bits per heavy atom. The molecule has 2 saturated heterocycles. The third-order valence-electron chi connectivity index (χ3n) is 13.5. The Morgan fingerprint density at radius 3 is 1.41 bits per heavy atom. The fraction of sp³-hybridized carbons (Fsp3) is 0.828. The average molecular weight is 1040 g/mol. The number of carbonyl (C=O) groups is 2. The molecule has 2 rings (SSSR count). The van der Waals surface area contributed by atoms with Crippen molar-refractivity contribution in [3.8, 4) is 0 Å². The summed E-state index contributed by atoms with van der Waals surface area (Å²) in [5, 5.41) is 72.2. The maximum atomic E-state index is 13.0. The summed E-state index contributed by atoms with van der Waals surface area (Å²) in [6.07, 6.45) is 34.4. The number of carbonyl (C=O) groups excluding carboxylic acids is 2. The van der Waals surface area contributed by atoms with Crippen molar-refractivity contribution >= 4 is 11.9 Å². The first-order valence-electron chi connectivity index (χ1n) is 28.7.